The van der Waals surface area contributed by atoms with Crippen LogP contribution in [-0.2, 0) is 12.7 Å². The van der Waals surface area contributed by atoms with Crippen LogP contribution < -0.4 is 15.4 Å². The van der Waals surface area contributed by atoms with Gasteiger partial charge >= 0.3 is 12.2 Å². The van der Waals surface area contributed by atoms with Gasteiger partial charge in [-0.25, -0.2) is 9.78 Å². The van der Waals surface area contributed by atoms with Crippen molar-refractivity contribution < 1.29 is 22.7 Å². The molecule has 2 amide bonds. The molecule has 0 aliphatic carbocycles. The Morgan fingerprint density at radius 1 is 1.21 bits per heavy atom. The third kappa shape index (κ3) is 4.79. The number of fused-ring (bicyclic) bond motifs is 1. The van der Waals surface area contributed by atoms with E-state index in [1.54, 1.807) is 6.92 Å². The molecule has 0 aliphatic rings. The van der Waals surface area contributed by atoms with Crippen molar-refractivity contribution in [1.29, 1.82) is 0 Å². The van der Waals surface area contributed by atoms with Crippen LogP contribution in [0.3, 0.4) is 0 Å². The lowest BCUT2D eigenvalue weighted by Gasteiger charge is -2.15. The van der Waals surface area contributed by atoms with Gasteiger partial charge in [0.05, 0.1) is 28.9 Å². The van der Waals surface area contributed by atoms with Crippen molar-refractivity contribution in [2.75, 3.05) is 18.5 Å². The van der Waals surface area contributed by atoms with Crippen LogP contribution in [0.5, 0.6) is 5.75 Å². The number of carbonyl (C=O) groups excluding carboxylic acids is 1. The van der Waals surface area contributed by atoms with Crippen LogP contribution >= 0.6 is 0 Å². The fourth-order valence-electron chi connectivity index (χ4n) is 3.01. The van der Waals surface area contributed by atoms with E-state index in [0.29, 0.717) is 6.54 Å². The van der Waals surface area contributed by atoms with Gasteiger partial charge in [0, 0.05) is 13.1 Å². The van der Waals surface area contributed by atoms with E-state index in [0.717, 1.165) is 29.0 Å². The summed E-state index contributed by atoms with van der Waals surface area (Å²) in [5.74, 6) is 0.983. The van der Waals surface area contributed by atoms with Gasteiger partial charge in [-0.2, -0.15) is 13.2 Å². The first-order chi connectivity index (χ1) is 13.8. The van der Waals surface area contributed by atoms with Gasteiger partial charge in [-0.05, 0) is 44.2 Å². The monoisotopic (exact) mass is 406 g/mol. The zero-order valence-electron chi connectivity index (χ0n) is 16.0. The smallest absolute Gasteiger partial charge is 0.416 e. The molecule has 29 heavy (non-hydrogen) atoms. The van der Waals surface area contributed by atoms with Crippen molar-refractivity contribution >= 4 is 22.8 Å². The maximum atomic E-state index is 13.0. The fraction of sp³-hybridized carbons (Fsp3) is 0.300. The zero-order valence-corrected chi connectivity index (χ0v) is 16.0. The lowest BCUT2D eigenvalue weighted by molar-refractivity contribution is -0.137. The third-order valence-corrected chi connectivity index (χ3v) is 4.32. The number of urea groups is 1. The molecule has 6 nitrogen and oxygen atoms in total. The van der Waals surface area contributed by atoms with Crippen molar-refractivity contribution in [2.24, 2.45) is 0 Å². The average Bonchev–Trinajstić information content (AvgIpc) is 2.98. The maximum Gasteiger partial charge on any atom is 0.416 e. The second-order valence-electron chi connectivity index (χ2n) is 6.32. The number of nitrogens with zero attached hydrogens (tertiary/aromatic N) is 2. The number of alkyl halides is 3. The molecule has 3 rings (SSSR count). The molecule has 154 valence electrons. The highest BCUT2D eigenvalue weighted by atomic mass is 19.4. The maximum absolute atomic E-state index is 13.0. The highest BCUT2D eigenvalue weighted by Crippen LogP contribution is 2.35. The molecule has 0 saturated carbocycles. The summed E-state index contributed by atoms with van der Waals surface area (Å²) in [6.07, 6.45) is -4.52. The molecule has 1 heterocycles. The standard InChI is InChI=1S/C20H21F3N4O2/c1-3-29-18-9-8-14(20(21,22)23)12-16(18)26-19(28)24-10-11-27-13(2)25-15-6-4-5-7-17(15)27/h4-9,12H,3,10-11H2,1-2H3,(H2,24,26,28). The van der Waals surface area contributed by atoms with Gasteiger partial charge in [0.1, 0.15) is 11.6 Å². The summed E-state index contributed by atoms with van der Waals surface area (Å²) in [5, 5.41) is 5.09. The Balaban J connectivity index is 1.66. The molecule has 0 fully saturated rings. The third-order valence-electron chi connectivity index (χ3n) is 4.32. The average molecular weight is 406 g/mol. The second kappa shape index (κ2) is 8.42. The molecular formula is C20H21F3N4O2. The number of carbonyl (C=O) groups is 1. The van der Waals surface area contributed by atoms with Crippen molar-refractivity contribution in [3.63, 3.8) is 0 Å². The van der Waals surface area contributed by atoms with Crippen LogP contribution in [-0.4, -0.2) is 28.7 Å². The van der Waals surface area contributed by atoms with Gasteiger partial charge in [0.25, 0.3) is 0 Å². The number of amides is 2. The first-order valence-corrected chi connectivity index (χ1v) is 9.10. The normalized spacial score (nSPS) is 11.5. The van der Waals surface area contributed by atoms with E-state index >= 15 is 0 Å². The van der Waals surface area contributed by atoms with E-state index in [-0.39, 0.29) is 24.6 Å². The van der Waals surface area contributed by atoms with E-state index in [9.17, 15) is 18.0 Å². The Morgan fingerprint density at radius 3 is 2.69 bits per heavy atom. The van der Waals surface area contributed by atoms with E-state index in [2.05, 4.69) is 15.6 Å². The molecule has 2 N–H and O–H groups in total. The topological polar surface area (TPSA) is 68.2 Å². The van der Waals surface area contributed by atoms with Crippen molar-refractivity contribution in [3.8, 4) is 5.75 Å². The van der Waals surface area contributed by atoms with Crippen LogP contribution in [0.2, 0.25) is 0 Å². The number of benzene rings is 2. The number of hydrogen-bond donors (Lipinski definition) is 2. The lowest BCUT2D eigenvalue weighted by atomic mass is 10.2. The van der Waals surface area contributed by atoms with Gasteiger partial charge in [-0.3, -0.25) is 0 Å². The minimum Gasteiger partial charge on any atom is -0.492 e. The number of hydrogen-bond acceptors (Lipinski definition) is 3. The highest BCUT2D eigenvalue weighted by Gasteiger charge is 2.31. The molecule has 0 radical (unpaired) electrons. The first-order valence-electron chi connectivity index (χ1n) is 9.10. The van der Waals surface area contributed by atoms with Gasteiger partial charge in [0.15, 0.2) is 0 Å². The molecule has 3 aromatic rings. The Bertz CT molecular complexity index is 1010. The van der Waals surface area contributed by atoms with E-state index in [1.165, 1.54) is 6.07 Å². The summed E-state index contributed by atoms with van der Waals surface area (Å²) in [6, 6.07) is 10.0. The Hall–Kier alpha value is -3.23. The molecule has 0 atom stereocenters. The van der Waals surface area contributed by atoms with Crippen LogP contribution in [0.4, 0.5) is 23.7 Å². The number of rotatable bonds is 6. The molecule has 2 aromatic carbocycles. The summed E-state index contributed by atoms with van der Waals surface area (Å²) < 4.78 is 46.2. The number of imidazole rings is 1. The molecular weight excluding hydrogens is 385 g/mol. The van der Waals surface area contributed by atoms with Crippen LogP contribution in [0.15, 0.2) is 42.5 Å². The van der Waals surface area contributed by atoms with Crippen molar-refractivity contribution in [1.82, 2.24) is 14.9 Å². The van der Waals surface area contributed by atoms with Crippen LogP contribution in [0.25, 0.3) is 11.0 Å². The Labute approximate surface area is 165 Å². The largest absolute Gasteiger partial charge is 0.492 e. The summed E-state index contributed by atoms with van der Waals surface area (Å²) in [7, 11) is 0. The molecule has 0 aliphatic heterocycles. The zero-order chi connectivity index (χ0) is 21.0. The number of nitrogens with one attached hydrogen (secondary N) is 2. The summed E-state index contributed by atoms with van der Waals surface area (Å²) >= 11 is 0. The fourth-order valence-corrected chi connectivity index (χ4v) is 3.01. The molecule has 0 bridgehead atoms. The number of aryl methyl sites for hydroxylation is 1. The van der Waals surface area contributed by atoms with Gasteiger partial charge < -0.3 is 19.9 Å². The molecule has 9 heteroatoms. The number of aromatic nitrogens is 2. The van der Waals surface area contributed by atoms with Crippen LogP contribution in [0.1, 0.15) is 18.3 Å². The minimum absolute atomic E-state index is 0.0385. The predicted molar refractivity (Wildman–Crippen MR) is 104 cm³/mol. The van der Waals surface area contributed by atoms with Gasteiger partial charge in [-0.1, -0.05) is 12.1 Å². The van der Waals surface area contributed by atoms with E-state index in [1.807, 2.05) is 35.8 Å². The first kappa shape index (κ1) is 20.5. The molecule has 0 saturated heterocycles. The Morgan fingerprint density at radius 2 is 1.97 bits per heavy atom. The van der Waals surface area contributed by atoms with E-state index in [4.69, 9.17) is 4.74 Å². The number of ether oxygens (including phenoxy) is 1. The number of para-hydroxylation sites is 2. The van der Waals surface area contributed by atoms with Gasteiger partial charge in [-0.15, -0.1) is 0 Å². The van der Waals surface area contributed by atoms with Crippen molar-refractivity contribution in [3.05, 3.63) is 53.9 Å². The summed E-state index contributed by atoms with van der Waals surface area (Å²) in [5.41, 5.74) is 0.906. The second-order valence-corrected chi connectivity index (χ2v) is 6.32. The van der Waals surface area contributed by atoms with Crippen molar-refractivity contribution in [2.45, 2.75) is 26.6 Å². The van der Waals surface area contributed by atoms with Crippen LogP contribution in [0, 0.1) is 6.92 Å². The molecule has 1 aromatic heterocycles. The minimum atomic E-state index is -4.52. The summed E-state index contributed by atoms with van der Waals surface area (Å²) in [4.78, 5) is 16.7. The SMILES string of the molecule is CCOc1ccc(C(F)(F)F)cc1NC(=O)NCCn1c(C)nc2ccccc21. The summed E-state index contributed by atoms with van der Waals surface area (Å²) in [6.45, 7) is 4.58. The van der Waals surface area contributed by atoms with E-state index < -0.39 is 17.8 Å². The highest BCUT2D eigenvalue weighted by molar-refractivity contribution is 5.91. The predicted octanol–water partition coefficient (Wildman–Crippen LogP) is 4.58. The molecule has 0 spiro atoms. The van der Waals surface area contributed by atoms with Gasteiger partial charge in [0.2, 0.25) is 0 Å². The number of halogens is 3. The molecule has 0 unspecified atom stereocenters. The Kier molecular flexibility index (Phi) is 5.95. The number of anilines is 1. The lowest BCUT2D eigenvalue weighted by Crippen LogP contribution is -2.32. The quantitative estimate of drug-likeness (QED) is 0.630.